The second-order valence-corrected chi connectivity index (χ2v) is 6.64. The number of carbonyl (C=O) groups is 1. The number of halogens is 4. The normalized spacial score (nSPS) is 10.5. The molecule has 8 heteroatoms. The maximum absolute atomic E-state index is 12.5. The van der Waals surface area contributed by atoms with Crippen molar-refractivity contribution in [1.82, 2.24) is 4.98 Å². The zero-order chi connectivity index (χ0) is 18.7. The predicted molar refractivity (Wildman–Crippen MR) is 105 cm³/mol. The summed E-state index contributed by atoms with van der Waals surface area (Å²) in [5, 5.41) is 3.35. The van der Waals surface area contributed by atoms with Gasteiger partial charge >= 0.3 is 0 Å². The fourth-order valence-electron chi connectivity index (χ4n) is 2.09. The van der Waals surface area contributed by atoms with Gasteiger partial charge in [0.25, 0.3) is 5.91 Å². The summed E-state index contributed by atoms with van der Waals surface area (Å²) >= 11 is 24.0. The Labute approximate surface area is 169 Å². The molecule has 0 bridgehead atoms. The van der Waals surface area contributed by atoms with Crippen LogP contribution in [0.5, 0.6) is 11.5 Å². The Bertz CT molecular complexity index is 979. The third-order valence-electron chi connectivity index (χ3n) is 3.32. The largest absolute Gasteiger partial charge is 0.454 e. The van der Waals surface area contributed by atoms with Crippen molar-refractivity contribution in [3.8, 4) is 11.5 Å². The minimum atomic E-state index is -0.552. The van der Waals surface area contributed by atoms with Gasteiger partial charge in [0.1, 0.15) is 11.4 Å². The van der Waals surface area contributed by atoms with Crippen molar-refractivity contribution < 1.29 is 9.53 Å². The van der Waals surface area contributed by atoms with Crippen LogP contribution in [-0.4, -0.2) is 10.9 Å². The number of anilines is 1. The topological polar surface area (TPSA) is 51.2 Å². The molecule has 132 valence electrons. The molecule has 0 atom stereocenters. The number of ether oxygens (including phenoxy) is 1. The van der Waals surface area contributed by atoms with Crippen LogP contribution in [0, 0.1) is 0 Å². The average molecular weight is 428 g/mol. The van der Waals surface area contributed by atoms with E-state index in [2.05, 4.69) is 10.3 Å². The first-order chi connectivity index (χ1) is 12.5. The van der Waals surface area contributed by atoms with E-state index >= 15 is 0 Å². The van der Waals surface area contributed by atoms with Crippen LogP contribution in [0.4, 0.5) is 5.69 Å². The van der Waals surface area contributed by atoms with Crippen LogP contribution in [0.2, 0.25) is 20.1 Å². The first kappa shape index (κ1) is 18.8. The average Bonchev–Trinajstić information content (AvgIpc) is 2.63. The lowest BCUT2D eigenvalue weighted by atomic mass is 10.2. The van der Waals surface area contributed by atoms with E-state index in [1.807, 2.05) is 0 Å². The Morgan fingerprint density at radius 3 is 2.23 bits per heavy atom. The molecule has 4 nitrogen and oxygen atoms in total. The van der Waals surface area contributed by atoms with Crippen LogP contribution in [0.25, 0.3) is 0 Å². The van der Waals surface area contributed by atoms with Crippen molar-refractivity contribution in [3.05, 3.63) is 80.5 Å². The molecule has 0 saturated carbocycles. The lowest BCUT2D eigenvalue weighted by molar-refractivity contribution is 0.102. The third kappa shape index (κ3) is 4.05. The van der Waals surface area contributed by atoms with Gasteiger partial charge in [-0.05, 0) is 24.3 Å². The molecule has 1 amide bonds. The predicted octanol–water partition coefficient (Wildman–Crippen LogP) is 6.74. The highest BCUT2D eigenvalue weighted by molar-refractivity contribution is 6.49. The van der Waals surface area contributed by atoms with Crippen molar-refractivity contribution in [2.45, 2.75) is 0 Å². The molecule has 0 unspecified atom stereocenters. The fourth-order valence-corrected chi connectivity index (χ4v) is 2.83. The number of hydrogen-bond donors (Lipinski definition) is 1. The van der Waals surface area contributed by atoms with E-state index in [4.69, 9.17) is 51.1 Å². The number of rotatable bonds is 4. The summed E-state index contributed by atoms with van der Waals surface area (Å²) in [6.07, 6.45) is 1.26. The monoisotopic (exact) mass is 426 g/mol. The second kappa shape index (κ2) is 8.14. The van der Waals surface area contributed by atoms with Crippen LogP contribution >= 0.6 is 46.4 Å². The van der Waals surface area contributed by atoms with Gasteiger partial charge in [-0.25, -0.2) is 4.98 Å². The molecular formula is C18H10Cl4N2O2. The summed E-state index contributed by atoms with van der Waals surface area (Å²) in [7, 11) is 0. The number of benzene rings is 2. The molecule has 1 heterocycles. The summed E-state index contributed by atoms with van der Waals surface area (Å²) in [5.74, 6) is 0.315. The first-order valence-electron chi connectivity index (χ1n) is 7.29. The summed E-state index contributed by atoms with van der Waals surface area (Å²) in [6.45, 7) is 0. The van der Waals surface area contributed by atoms with Crippen molar-refractivity contribution >= 4 is 58.0 Å². The Balaban J connectivity index is 1.88. The molecule has 3 aromatic rings. The number of carbonyl (C=O) groups excluding carboxylic acids is 1. The van der Waals surface area contributed by atoms with Crippen molar-refractivity contribution in [3.63, 3.8) is 0 Å². The summed E-state index contributed by atoms with van der Waals surface area (Å²) in [6, 6.07) is 13.9. The number of aromatic nitrogens is 1. The van der Waals surface area contributed by atoms with E-state index in [0.717, 1.165) is 0 Å². The molecule has 2 aromatic carbocycles. The van der Waals surface area contributed by atoms with E-state index in [1.54, 1.807) is 48.5 Å². The maximum atomic E-state index is 12.5. The first-order valence-corrected chi connectivity index (χ1v) is 8.81. The van der Waals surface area contributed by atoms with E-state index in [1.165, 1.54) is 6.20 Å². The van der Waals surface area contributed by atoms with Gasteiger partial charge in [0.2, 0.25) is 0 Å². The van der Waals surface area contributed by atoms with Gasteiger partial charge in [0.05, 0.1) is 25.8 Å². The van der Waals surface area contributed by atoms with Crippen LogP contribution < -0.4 is 10.1 Å². The molecule has 3 rings (SSSR count). The Morgan fingerprint density at radius 2 is 1.50 bits per heavy atom. The molecule has 0 aliphatic rings. The molecule has 0 aliphatic carbocycles. The molecular weight excluding hydrogens is 418 g/mol. The number of pyridine rings is 1. The zero-order valence-electron chi connectivity index (χ0n) is 13.0. The number of nitrogens with zero attached hydrogens (tertiary/aromatic N) is 1. The minimum absolute atomic E-state index is 0.0267. The Morgan fingerprint density at radius 1 is 0.846 bits per heavy atom. The van der Waals surface area contributed by atoms with Crippen LogP contribution in [0.1, 0.15) is 10.5 Å². The lowest BCUT2D eigenvalue weighted by Crippen LogP contribution is -2.15. The Kier molecular flexibility index (Phi) is 5.89. The molecule has 1 aromatic heterocycles. The van der Waals surface area contributed by atoms with Gasteiger partial charge in [-0.3, -0.25) is 4.79 Å². The highest BCUT2D eigenvalue weighted by Gasteiger charge is 2.18. The SMILES string of the molecule is O=C(Nc1ccccc1Oc1ccccc1Cl)c1ncc(Cl)c(Cl)c1Cl. The van der Waals surface area contributed by atoms with E-state index in [9.17, 15) is 4.79 Å². The summed E-state index contributed by atoms with van der Waals surface area (Å²) in [4.78, 5) is 16.5. The van der Waals surface area contributed by atoms with Gasteiger partial charge in [-0.1, -0.05) is 70.7 Å². The molecule has 0 fully saturated rings. The Hall–Kier alpha value is -1.98. The zero-order valence-corrected chi connectivity index (χ0v) is 16.0. The number of hydrogen-bond acceptors (Lipinski definition) is 3. The van der Waals surface area contributed by atoms with Gasteiger partial charge in [0, 0.05) is 6.20 Å². The summed E-state index contributed by atoms with van der Waals surface area (Å²) in [5.41, 5.74) is 0.370. The van der Waals surface area contributed by atoms with Gasteiger partial charge in [-0.15, -0.1) is 0 Å². The van der Waals surface area contributed by atoms with Gasteiger partial charge < -0.3 is 10.1 Å². The lowest BCUT2D eigenvalue weighted by Gasteiger charge is -2.13. The van der Waals surface area contributed by atoms with Crippen LogP contribution in [-0.2, 0) is 0 Å². The molecule has 26 heavy (non-hydrogen) atoms. The molecule has 0 aliphatic heterocycles. The van der Waals surface area contributed by atoms with Gasteiger partial charge in [0.15, 0.2) is 5.75 Å². The number of para-hydroxylation sites is 3. The minimum Gasteiger partial charge on any atom is -0.454 e. The van der Waals surface area contributed by atoms with Crippen LogP contribution in [0.3, 0.4) is 0 Å². The van der Waals surface area contributed by atoms with Crippen molar-refractivity contribution in [2.75, 3.05) is 5.32 Å². The second-order valence-electron chi connectivity index (χ2n) is 5.07. The molecule has 1 N–H and O–H groups in total. The highest BCUT2D eigenvalue weighted by atomic mass is 35.5. The van der Waals surface area contributed by atoms with Crippen LogP contribution in [0.15, 0.2) is 54.7 Å². The maximum Gasteiger partial charge on any atom is 0.275 e. The highest BCUT2D eigenvalue weighted by Crippen LogP contribution is 2.35. The number of amides is 1. The quantitative estimate of drug-likeness (QED) is 0.501. The van der Waals surface area contributed by atoms with E-state index in [0.29, 0.717) is 22.2 Å². The standard InChI is InChI=1S/C18H10Cl4N2O2/c19-10-5-1-3-7-13(10)26-14-8-4-2-6-12(14)24-18(25)17-16(22)15(21)11(20)9-23-17/h1-9H,(H,24,25). The molecule has 0 spiro atoms. The molecule has 0 saturated heterocycles. The van der Waals surface area contributed by atoms with E-state index < -0.39 is 5.91 Å². The smallest absolute Gasteiger partial charge is 0.275 e. The van der Waals surface area contributed by atoms with Gasteiger partial charge in [-0.2, -0.15) is 0 Å². The molecule has 0 radical (unpaired) electrons. The van der Waals surface area contributed by atoms with Crippen molar-refractivity contribution in [2.24, 2.45) is 0 Å². The number of nitrogens with one attached hydrogen (secondary N) is 1. The third-order valence-corrected chi connectivity index (χ3v) is 4.88. The fraction of sp³-hybridized carbons (Fsp3) is 0. The van der Waals surface area contributed by atoms with E-state index in [-0.39, 0.29) is 20.8 Å². The van der Waals surface area contributed by atoms with Crippen molar-refractivity contribution in [1.29, 1.82) is 0 Å². The summed E-state index contributed by atoms with van der Waals surface area (Å²) < 4.78 is 5.80.